The highest BCUT2D eigenvalue weighted by atomic mass is 16.5. The molecule has 0 N–H and O–H groups in total. The number of hydrogen-bond donors (Lipinski definition) is 0. The molecule has 0 radical (unpaired) electrons. The van der Waals surface area contributed by atoms with Crippen LogP contribution < -0.4 is 4.74 Å². The predicted octanol–water partition coefficient (Wildman–Crippen LogP) is 2.43. The van der Waals surface area contributed by atoms with Crippen LogP contribution in [0.5, 0.6) is 5.75 Å². The lowest BCUT2D eigenvalue weighted by Crippen LogP contribution is -2.43. The molecular formula is C22H21NO6. The van der Waals surface area contributed by atoms with Crippen LogP contribution in [-0.4, -0.2) is 48.2 Å². The van der Waals surface area contributed by atoms with Gasteiger partial charge in [-0.3, -0.25) is 24.1 Å². The third kappa shape index (κ3) is 4.87. The minimum Gasteiger partial charge on any atom is -0.494 e. The summed E-state index contributed by atoms with van der Waals surface area (Å²) in [5.74, 6) is -1.12. The predicted molar refractivity (Wildman–Crippen MR) is 104 cm³/mol. The van der Waals surface area contributed by atoms with Gasteiger partial charge in [0.2, 0.25) is 5.91 Å². The summed E-state index contributed by atoms with van der Waals surface area (Å²) in [6, 6.07) is 13.4. The van der Waals surface area contributed by atoms with Crippen molar-refractivity contribution in [3.05, 3.63) is 65.2 Å². The molecule has 0 atom stereocenters. The average molecular weight is 395 g/mol. The van der Waals surface area contributed by atoms with Crippen LogP contribution in [0.4, 0.5) is 0 Å². The van der Waals surface area contributed by atoms with Crippen molar-refractivity contribution < 1.29 is 28.7 Å². The van der Waals surface area contributed by atoms with Crippen molar-refractivity contribution in [2.75, 3.05) is 19.8 Å². The van der Waals surface area contributed by atoms with Crippen LogP contribution >= 0.6 is 0 Å². The van der Waals surface area contributed by atoms with E-state index in [1.54, 1.807) is 48.5 Å². The van der Waals surface area contributed by atoms with E-state index in [2.05, 4.69) is 0 Å². The summed E-state index contributed by atoms with van der Waals surface area (Å²) in [4.78, 5) is 49.8. The van der Waals surface area contributed by atoms with Crippen LogP contribution in [0.25, 0.3) is 0 Å². The molecule has 0 spiro atoms. The molecule has 3 rings (SSSR count). The number of imide groups is 1. The largest absolute Gasteiger partial charge is 0.494 e. The smallest absolute Gasteiger partial charge is 0.308 e. The Morgan fingerprint density at radius 2 is 1.76 bits per heavy atom. The molecule has 0 aromatic heterocycles. The van der Waals surface area contributed by atoms with Gasteiger partial charge in [-0.15, -0.1) is 0 Å². The first kappa shape index (κ1) is 20.3. The van der Waals surface area contributed by atoms with Gasteiger partial charge in [-0.05, 0) is 42.8 Å². The summed E-state index contributed by atoms with van der Waals surface area (Å²) in [7, 11) is 0. The van der Waals surface area contributed by atoms with Crippen LogP contribution in [0.1, 0.15) is 39.6 Å². The second kappa shape index (κ2) is 9.14. The Balaban J connectivity index is 1.49. The molecule has 1 aliphatic rings. The Bertz CT molecular complexity index is 935. The number of ketones is 1. The second-order valence-corrected chi connectivity index (χ2v) is 6.48. The maximum atomic E-state index is 12.5. The molecule has 2 amide bonds. The van der Waals surface area contributed by atoms with Crippen molar-refractivity contribution in [3.63, 3.8) is 0 Å². The minimum atomic E-state index is -0.649. The Morgan fingerprint density at radius 1 is 1.03 bits per heavy atom. The van der Waals surface area contributed by atoms with Crippen LogP contribution in [0.3, 0.4) is 0 Å². The minimum absolute atomic E-state index is 0.0813. The highest BCUT2D eigenvalue weighted by molar-refractivity contribution is 6.09. The number of hydrogen-bond acceptors (Lipinski definition) is 6. The fraction of sp³-hybridized carbons (Fsp3) is 0.273. The van der Waals surface area contributed by atoms with Gasteiger partial charge in [0, 0.05) is 17.7 Å². The Morgan fingerprint density at radius 3 is 2.48 bits per heavy atom. The van der Waals surface area contributed by atoms with Crippen molar-refractivity contribution in [1.82, 2.24) is 4.90 Å². The van der Waals surface area contributed by atoms with Gasteiger partial charge in [0.15, 0.2) is 12.4 Å². The number of carbonyl (C=O) groups is 4. The number of ether oxygens (including phenoxy) is 2. The molecule has 0 bridgehead atoms. The van der Waals surface area contributed by atoms with E-state index in [0.29, 0.717) is 29.0 Å². The van der Waals surface area contributed by atoms with E-state index in [4.69, 9.17) is 9.47 Å². The fourth-order valence-electron chi connectivity index (χ4n) is 3.03. The molecule has 150 valence electrons. The number of rotatable bonds is 8. The van der Waals surface area contributed by atoms with E-state index in [0.717, 1.165) is 4.90 Å². The summed E-state index contributed by atoms with van der Waals surface area (Å²) in [6.07, 6.45) is -0.0522. The molecule has 0 unspecified atom stereocenters. The molecule has 1 aliphatic heterocycles. The molecule has 0 saturated heterocycles. The lowest BCUT2D eigenvalue weighted by molar-refractivity contribution is -0.143. The quantitative estimate of drug-likeness (QED) is 0.387. The van der Waals surface area contributed by atoms with Crippen molar-refractivity contribution in [3.8, 4) is 5.75 Å². The SMILES string of the molecule is CCOc1ccc(C(=O)COC(=O)CCN2C(=O)Cc3ccccc3C2=O)cc1. The number of fused-ring (bicyclic) bond motifs is 1. The Hall–Kier alpha value is -3.48. The fourth-order valence-corrected chi connectivity index (χ4v) is 3.03. The van der Waals surface area contributed by atoms with Gasteiger partial charge in [0.1, 0.15) is 5.75 Å². The van der Waals surface area contributed by atoms with Crippen molar-refractivity contribution >= 4 is 23.6 Å². The maximum Gasteiger partial charge on any atom is 0.308 e. The number of Topliss-reactive ketones (excluding diaryl/α,β-unsaturated/α-hetero) is 1. The Kier molecular flexibility index (Phi) is 6.39. The van der Waals surface area contributed by atoms with Gasteiger partial charge in [0.05, 0.1) is 19.4 Å². The van der Waals surface area contributed by atoms with E-state index >= 15 is 0 Å². The first-order chi connectivity index (χ1) is 14.0. The third-order valence-electron chi connectivity index (χ3n) is 4.53. The van der Waals surface area contributed by atoms with Gasteiger partial charge >= 0.3 is 5.97 Å². The van der Waals surface area contributed by atoms with Crippen molar-refractivity contribution in [1.29, 1.82) is 0 Å². The van der Waals surface area contributed by atoms with E-state index in [9.17, 15) is 19.2 Å². The normalized spacial score (nSPS) is 13.1. The first-order valence-corrected chi connectivity index (χ1v) is 9.34. The third-order valence-corrected chi connectivity index (χ3v) is 4.53. The van der Waals surface area contributed by atoms with Gasteiger partial charge in [0.25, 0.3) is 5.91 Å². The van der Waals surface area contributed by atoms with Crippen molar-refractivity contribution in [2.24, 2.45) is 0 Å². The highest BCUT2D eigenvalue weighted by Gasteiger charge is 2.30. The van der Waals surface area contributed by atoms with Gasteiger partial charge in [-0.25, -0.2) is 0 Å². The molecule has 2 aromatic rings. The van der Waals surface area contributed by atoms with E-state index in [1.165, 1.54) is 0 Å². The van der Waals surface area contributed by atoms with Gasteiger partial charge in [-0.2, -0.15) is 0 Å². The lowest BCUT2D eigenvalue weighted by atomic mass is 9.98. The zero-order chi connectivity index (χ0) is 20.8. The topological polar surface area (TPSA) is 90.0 Å². The molecule has 2 aromatic carbocycles. The lowest BCUT2D eigenvalue weighted by Gasteiger charge is -2.26. The second-order valence-electron chi connectivity index (χ2n) is 6.48. The highest BCUT2D eigenvalue weighted by Crippen LogP contribution is 2.20. The standard InChI is InChI=1S/C22H21NO6/c1-2-28-17-9-7-15(8-10-17)19(24)14-29-21(26)11-12-23-20(25)13-16-5-3-4-6-18(16)22(23)27/h3-10H,2,11-14H2,1H3. The van der Waals surface area contributed by atoms with Crippen LogP contribution in [-0.2, 0) is 20.7 Å². The van der Waals surface area contributed by atoms with Crippen molar-refractivity contribution in [2.45, 2.75) is 19.8 Å². The monoisotopic (exact) mass is 395 g/mol. The molecule has 7 nitrogen and oxygen atoms in total. The molecular weight excluding hydrogens is 374 g/mol. The van der Waals surface area contributed by atoms with Crippen LogP contribution in [0, 0.1) is 0 Å². The molecule has 0 aliphatic carbocycles. The molecule has 0 saturated carbocycles. The zero-order valence-electron chi connectivity index (χ0n) is 16.1. The molecule has 1 heterocycles. The average Bonchev–Trinajstić information content (AvgIpc) is 2.72. The summed E-state index contributed by atoms with van der Waals surface area (Å²) >= 11 is 0. The number of esters is 1. The summed E-state index contributed by atoms with van der Waals surface area (Å²) in [5.41, 5.74) is 1.55. The number of amides is 2. The van der Waals surface area contributed by atoms with E-state index in [1.807, 2.05) is 6.92 Å². The van der Waals surface area contributed by atoms with Gasteiger partial charge in [-0.1, -0.05) is 18.2 Å². The summed E-state index contributed by atoms with van der Waals surface area (Å²) < 4.78 is 10.3. The number of nitrogens with zero attached hydrogens (tertiary/aromatic N) is 1. The molecule has 0 fully saturated rings. The van der Waals surface area contributed by atoms with Gasteiger partial charge < -0.3 is 9.47 Å². The number of benzene rings is 2. The molecule has 29 heavy (non-hydrogen) atoms. The van der Waals surface area contributed by atoms with Crippen LogP contribution in [0.15, 0.2) is 48.5 Å². The first-order valence-electron chi connectivity index (χ1n) is 9.34. The van der Waals surface area contributed by atoms with E-state index < -0.39 is 18.5 Å². The Labute approximate surface area is 168 Å². The summed E-state index contributed by atoms with van der Waals surface area (Å²) in [6.45, 7) is 1.90. The van der Waals surface area contributed by atoms with E-state index in [-0.39, 0.29) is 31.1 Å². The number of carbonyl (C=O) groups excluding carboxylic acids is 4. The van der Waals surface area contributed by atoms with Crippen LogP contribution in [0.2, 0.25) is 0 Å². The maximum absolute atomic E-state index is 12.5. The summed E-state index contributed by atoms with van der Waals surface area (Å²) in [5, 5.41) is 0. The zero-order valence-corrected chi connectivity index (χ0v) is 16.1. The molecule has 7 heteroatoms.